The fourth-order valence-corrected chi connectivity index (χ4v) is 3.39. The Kier molecular flexibility index (Phi) is 5.57. The summed E-state index contributed by atoms with van der Waals surface area (Å²) in [5.74, 6) is 0.0587. The average Bonchev–Trinajstić information content (AvgIpc) is 2.87. The van der Waals surface area contributed by atoms with E-state index in [0.29, 0.717) is 0 Å². The minimum absolute atomic E-state index is 0.0587. The molecule has 0 aliphatic rings. The number of hydrogen-bond donors (Lipinski definition) is 1. The van der Waals surface area contributed by atoms with Gasteiger partial charge in [0, 0.05) is 10.9 Å². The van der Waals surface area contributed by atoms with Crippen molar-refractivity contribution >= 4 is 17.2 Å². The molecule has 0 saturated carbocycles. The van der Waals surface area contributed by atoms with Crippen molar-refractivity contribution in [3.63, 3.8) is 0 Å². The van der Waals surface area contributed by atoms with Crippen molar-refractivity contribution in [1.82, 2.24) is 5.32 Å². The number of benzene rings is 1. The highest BCUT2D eigenvalue weighted by atomic mass is 32.1. The SMILES string of the molecule is CCc1sc(C(=O)NC(C)CCc2ccccc2)cc1C. The van der Waals surface area contributed by atoms with Crippen LogP contribution in [0.5, 0.6) is 0 Å². The van der Waals surface area contributed by atoms with Crippen molar-refractivity contribution in [2.75, 3.05) is 0 Å². The first-order valence-electron chi connectivity index (χ1n) is 7.54. The van der Waals surface area contributed by atoms with E-state index in [1.807, 2.05) is 12.1 Å². The minimum Gasteiger partial charge on any atom is -0.349 e. The maximum Gasteiger partial charge on any atom is 0.261 e. The molecule has 21 heavy (non-hydrogen) atoms. The fourth-order valence-electron chi connectivity index (χ4n) is 2.38. The average molecular weight is 301 g/mol. The van der Waals surface area contributed by atoms with Gasteiger partial charge in [-0.05, 0) is 50.3 Å². The van der Waals surface area contributed by atoms with Crippen molar-refractivity contribution in [1.29, 1.82) is 0 Å². The minimum atomic E-state index is 0.0587. The van der Waals surface area contributed by atoms with E-state index < -0.39 is 0 Å². The van der Waals surface area contributed by atoms with Crippen LogP contribution in [0.3, 0.4) is 0 Å². The van der Waals surface area contributed by atoms with Gasteiger partial charge in [0.1, 0.15) is 0 Å². The van der Waals surface area contributed by atoms with Crippen LogP contribution in [0.15, 0.2) is 36.4 Å². The van der Waals surface area contributed by atoms with Crippen molar-refractivity contribution < 1.29 is 4.79 Å². The molecular formula is C18H23NOS. The van der Waals surface area contributed by atoms with Crippen LogP contribution in [0.25, 0.3) is 0 Å². The molecule has 3 heteroatoms. The fraction of sp³-hybridized carbons (Fsp3) is 0.389. The lowest BCUT2D eigenvalue weighted by atomic mass is 10.1. The number of aryl methyl sites for hydroxylation is 3. The van der Waals surface area contributed by atoms with Crippen LogP contribution in [-0.2, 0) is 12.8 Å². The van der Waals surface area contributed by atoms with Crippen molar-refractivity contribution in [3.8, 4) is 0 Å². The maximum absolute atomic E-state index is 12.2. The largest absolute Gasteiger partial charge is 0.349 e. The van der Waals surface area contributed by atoms with Crippen LogP contribution in [0.1, 0.15) is 45.9 Å². The molecule has 0 spiro atoms. The van der Waals surface area contributed by atoms with E-state index >= 15 is 0 Å². The van der Waals surface area contributed by atoms with Gasteiger partial charge in [-0.1, -0.05) is 37.3 Å². The second kappa shape index (κ2) is 7.41. The van der Waals surface area contributed by atoms with Gasteiger partial charge in [0.05, 0.1) is 4.88 Å². The lowest BCUT2D eigenvalue weighted by Crippen LogP contribution is -2.32. The highest BCUT2D eigenvalue weighted by Gasteiger charge is 2.13. The van der Waals surface area contributed by atoms with E-state index in [4.69, 9.17) is 0 Å². The molecular weight excluding hydrogens is 278 g/mol. The predicted molar refractivity (Wildman–Crippen MR) is 90.1 cm³/mol. The zero-order valence-corrected chi connectivity index (χ0v) is 13.8. The van der Waals surface area contributed by atoms with Crippen LogP contribution in [0.2, 0.25) is 0 Å². The number of amides is 1. The number of rotatable bonds is 6. The molecule has 1 atom stereocenters. The summed E-state index contributed by atoms with van der Waals surface area (Å²) >= 11 is 1.61. The first-order chi connectivity index (χ1) is 10.1. The monoisotopic (exact) mass is 301 g/mol. The molecule has 0 radical (unpaired) electrons. The molecule has 1 amide bonds. The molecule has 0 fully saturated rings. The highest BCUT2D eigenvalue weighted by Crippen LogP contribution is 2.22. The van der Waals surface area contributed by atoms with Gasteiger partial charge in [-0.25, -0.2) is 0 Å². The van der Waals surface area contributed by atoms with E-state index in [9.17, 15) is 4.79 Å². The lowest BCUT2D eigenvalue weighted by molar-refractivity contribution is 0.0942. The topological polar surface area (TPSA) is 29.1 Å². The first kappa shape index (κ1) is 15.8. The van der Waals surface area contributed by atoms with Crippen LogP contribution < -0.4 is 5.32 Å². The van der Waals surface area contributed by atoms with Crippen LogP contribution in [-0.4, -0.2) is 11.9 Å². The summed E-state index contributed by atoms with van der Waals surface area (Å²) in [6.07, 6.45) is 2.94. The molecule has 0 saturated heterocycles. The first-order valence-corrected chi connectivity index (χ1v) is 8.36. The van der Waals surface area contributed by atoms with Gasteiger partial charge in [-0.3, -0.25) is 4.79 Å². The van der Waals surface area contributed by atoms with E-state index in [1.54, 1.807) is 11.3 Å². The summed E-state index contributed by atoms with van der Waals surface area (Å²) in [5, 5.41) is 3.10. The third-order valence-corrected chi connectivity index (χ3v) is 5.03. The Morgan fingerprint density at radius 2 is 2.00 bits per heavy atom. The van der Waals surface area contributed by atoms with Crippen molar-refractivity contribution in [3.05, 3.63) is 57.3 Å². The molecule has 1 heterocycles. The Morgan fingerprint density at radius 1 is 1.29 bits per heavy atom. The normalized spacial score (nSPS) is 12.1. The Morgan fingerprint density at radius 3 is 2.62 bits per heavy atom. The number of nitrogens with one attached hydrogen (secondary N) is 1. The van der Waals surface area contributed by atoms with Gasteiger partial charge in [0.15, 0.2) is 0 Å². The van der Waals surface area contributed by atoms with Crippen molar-refractivity contribution in [2.24, 2.45) is 0 Å². The van der Waals surface area contributed by atoms with Gasteiger partial charge in [0.2, 0.25) is 0 Å². The number of carbonyl (C=O) groups excluding carboxylic acids is 1. The molecule has 2 nitrogen and oxygen atoms in total. The van der Waals surface area contributed by atoms with Gasteiger partial charge in [0.25, 0.3) is 5.91 Å². The second-order valence-corrected chi connectivity index (χ2v) is 6.61. The van der Waals surface area contributed by atoms with Gasteiger partial charge < -0.3 is 5.32 Å². The van der Waals surface area contributed by atoms with E-state index in [2.05, 4.69) is 50.4 Å². The molecule has 1 aromatic heterocycles. The summed E-state index contributed by atoms with van der Waals surface area (Å²) in [6, 6.07) is 12.6. The van der Waals surface area contributed by atoms with Crippen LogP contribution in [0.4, 0.5) is 0 Å². The maximum atomic E-state index is 12.2. The molecule has 0 aliphatic carbocycles. The predicted octanol–water partition coefficient (Wildman–Crippen LogP) is 4.37. The second-order valence-electron chi connectivity index (χ2n) is 5.47. The number of hydrogen-bond acceptors (Lipinski definition) is 2. The quantitative estimate of drug-likeness (QED) is 0.843. The van der Waals surface area contributed by atoms with Crippen molar-refractivity contribution in [2.45, 2.75) is 46.1 Å². The molecule has 0 bridgehead atoms. The van der Waals surface area contributed by atoms with E-state index in [0.717, 1.165) is 24.1 Å². The van der Waals surface area contributed by atoms with E-state index in [-0.39, 0.29) is 11.9 Å². The molecule has 0 aliphatic heterocycles. The van der Waals surface area contributed by atoms with Gasteiger partial charge in [-0.15, -0.1) is 11.3 Å². The summed E-state index contributed by atoms with van der Waals surface area (Å²) in [7, 11) is 0. The van der Waals surface area contributed by atoms with Gasteiger partial charge >= 0.3 is 0 Å². The Hall–Kier alpha value is -1.61. The summed E-state index contributed by atoms with van der Waals surface area (Å²) in [4.78, 5) is 14.4. The Balaban J connectivity index is 1.86. The third kappa shape index (κ3) is 4.43. The lowest BCUT2D eigenvalue weighted by Gasteiger charge is -2.13. The Labute approximate surface area is 131 Å². The van der Waals surface area contributed by atoms with E-state index in [1.165, 1.54) is 16.0 Å². The van der Waals surface area contributed by atoms with Crippen LogP contribution >= 0.6 is 11.3 Å². The third-order valence-electron chi connectivity index (χ3n) is 3.65. The summed E-state index contributed by atoms with van der Waals surface area (Å²) in [5.41, 5.74) is 2.54. The highest BCUT2D eigenvalue weighted by molar-refractivity contribution is 7.14. The zero-order valence-electron chi connectivity index (χ0n) is 13.0. The standard InChI is InChI=1S/C18H23NOS/c1-4-16-13(2)12-17(21-16)18(20)19-14(3)10-11-15-8-6-5-7-9-15/h5-9,12,14H,4,10-11H2,1-3H3,(H,19,20). The van der Waals surface area contributed by atoms with Crippen LogP contribution in [0, 0.1) is 6.92 Å². The summed E-state index contributed by atoms with van der Waals surface area (Å²) < 4.78 is 0. The number of thiophene rings is 1. The molecule has 2 rings (SSSR count). The molecule has 1 aromatic carbocycles. The molecule has 1 N–H and O–H groups in total. The summed E-state index contributed by atoms with van der Waals surface area (Å²) in [6.45, 7) is 6.27. The smallest absolute Gasteiger partial charge is 0.261 e. The number of carbonyl (C=O) groups is 1. The molecule has 1 unspecified atom stereocenters. The van der Waals surface area contributed by atoms with Gasteiger partial charge in [-0.2, -0.15) is 0 Å². The Bertz CT molecular complexity index is 589. The molecule has 112 valence electrons. The molecule has 2 aromatic rings. The zero-order chi connectivity index (χ0) is 15.2.